The number of halogens is 2. The number of ether oxygens (including phenoxy) is 4. The molecule has 16 nitrogen and oxygen atoms in total. The molecular formula is C38H50Cl2N6O10. The number of benzene rings is 2. The van der Waals surface area contributed by atoms with Gasteiger partial charge in [-0.25, -0.2) is 9.59 Å². The maximum absolute atomic E-state index is 13.3. The normalized spacial score (nSPS) is 20.8. The van der Waals surface area contributed by atoms with Crippen molar-refractivity contribution < 1.29 is 47.7 Å². The molecule has 0 radical (unpaired) electrons. The quantitative estimate of drug-likeness (QED) is 0.0783. The van der Waals surface area contributed by atoms with E-state index in [9.17, 15) is 28.8 Å². The zero-order chi connectivity index (χ0) is 39.0. The number of rotatable bonds is 16. The number of hydrogen-bond acceptors (Lipinski definition) is 14. The van der Waals surface area contributed by atoms with Gasteiger partial charge in [0.15, 0.2) is 13.2 Å². The molecule has 6 unspecified atom stereocenters. The zero-order valence-corrected chi connectivity index (χ0v) is 32.8. The van der Waals surface area contributed by atoms with Gasteiger partial charge in [0.05, 0.1) is 38.1 Å². The second-order valence-corrected chi connectivity index (χ2v) is 12.9. The monoisotopic (exact) mass is 820 g/mol. The molecular weight excluding hydrogens is 771 g/mol. The first kappa shape index (κ1) is 47.4. The van der Waals surface area contributed by atoms with Crippen molar-refractivity contribution in [2.24, 2.45) is 23.3 Å². The molecule has 0 aromatic heterocycles. The average Bonchev–Trinajstić information content (AvgIpc) is 3.81. The standard InChI is InChI=1S/C38H48N6O10.2ClH/c1-51-35(47)33-31(29(45)15-13-23-5-9-25(19-39)10-6-23)27(21-41-33)43-37(49)53-17-3-4-18-54-38(50)44-28-22-42-34(36(48)52-2)32(28)30(46)16-14-24-7-11-26(20-40)12-8-24;;/h5-12,27-28,31-34,41-42H,13-22,39-40H2,1-2H3,(H,43,49)(H,44,50);2*1H. The molecule has 2 aromatic carbocycles. The van der Waals surface area contributed by atoms with Gasteiger partial charge in [0.2, 0.25) is 0 Å². The third-order valence-electron chi connectivity index (χ3n) is 9.47. The molecule has 0 spiro atoms. The molecule has 306 valence electrons. The van der Waals surface area contributed by atoms with Crippen molar-refractivity contribution in [1.82, 2.24) is 21.3 Å². The summed E-state index contributed by atoms with van der Waals surface area (Å²) in [5.74, 6) is 1.68. The molecule has 2 aliphatic rings. The Morgan fingerprint density at radius 1 is 0.625 bits per heavy atom. The number of carbonyl (C=O) groups excluding carboxylic acids is 6. The topological polar surface area (TPSA) is 240 Å². The SMILES string of the molecule is COC(=O)C1NCC(NC(=O)OCC#CCOC(=O)NC2CNC(C(=O)OC)C2C(=O)CCc2ccc(CN)cc2)C1C(=O)CCc1ccc(CN)cc1.Cl.Cl. The molecule has 4 rings (SSSR count). The number of alkyl carbamates (subject to hydrolysis) is 2. The first-order valence-corrected chi connectivity index (χ1v) is 17.6. The second kappa shape index (κ2) is 24.0. The Morgan fingerprint density at radius 3 is 1.29 bits per heavy atom. The summed E-state index contributed by atoms with van der Waals surface area (Å²) in [5.41, 5.74) is 15.1. The summed E-state index contributed by atoms with van der Waals surface area (Å²) < 4.78 is 20.0. The molecule has 6 atom stereocenters. The van der Waals surface area contributed by atoms with Crippen LogP contribution in [0, 0.1) is 23.7 Å². The van der Waals surface area contributed by atoms with Crippen molar-refractivity contribution in [1.29, 1.82) is 0 Å². The summed E-state index contributed by atoms with van der Waals surface area (Å²) in [6, 6.07) is 11.8. The largest absolute Gasteiger partial charge is 0.468 e. The molecule has 0 aliphatic carbocycles. The van der Waals surface area contributed by atoms with E-state index in [1.807, 2.05) is 48.5 Å². The highest BCUT2D eigenvalue weighted by atomic mass is 35.5. The predicted octanol–water partition coefficient (Wildman–Crippen LogP) is 0.866. The van der Waals surface area contributed by atoms with Crippen LogP contribution in [-0.4, -0.2) is 100 Å². The lowest BCUT2D eigenvalue weighted by atomic mass is 9.88. The van der Waals surface area contributed by atoms with E-state index in [2.05, 4.69) is 33.1 Å². The molecule has 56 heavy (non-hydrogen) atoms. The number of ketones is 2. The third-order valence-corrected chi connectivity index (χ3v) is 9.47. The number of nitrogens with one attached hydrogen (secondary N) is 4. The van der Waals surface area contributed by atoms with E-state index in [4.69, 9.17) is 30.4 Å². The van der Waals surface area contributed by atoms with Crippen LogP contribution in [0.2, 0.25) is 0 Å². The zero-order valence-electron chi connectivity index (χ0n) is 31.2. The van der Waals surface area contributed by atoms with E-state index < -0.39 is 60.1 Å². The highest BCUT2D eigenvalue weighted by Gasteiger charge is 2.46. The highest BCUT2D eigenvalue weighted by Crippen LogP contribution is 2.23. The van der Waals surface area contributed by atoms with Crippen molar-refractivity contribution in [3.63, 3.8) is 0 Å². The summed E-state index contributed by atoms with van der Waals surface area (Å²) in [6.07, 6.45) is -0.550. The van der Waals surface area contributed by atoms with E-state index in [1.165, 1.54) is 14.2 Å². The van der Waals surface area contributed by atoms with E-state index in [0.717, 1.165) is 22.3 Å². The van der Waals surface area contributed by atoms with Crippen LogP contribution in [0.1, 0.15) is 35.1 Å². The van der Waals surface area contributed by atoms with Crippen LogP contribution < -0.4 is 32.7 Å². The van der Waals surface area contributed by atoms with Crippen LogP contribution in [0.5, 0.6) is 0 Å². The molecule has 2 saturated heterocycles. The molecule has 0 bridgehead atoms. The van der Waals surface area contributed by atoms with Crippen molar-refractivity contribution in [3.8, 4) is 11.8 Å². The number of esters is 2. The maximum atomic E-state index is 13.3. The van der Waals surface area contributed by atoms with Gasteiger partial charge in [0.1, 0.15) is 23.7 Å². The third kappa shape index (κ3) is 13.5. The van der Waals surface area contributed by atoms with Crippen molar-refractivity contribution in [2.75, 3.05) is 40.5 Å². The molecule has 2 aliphatic heterocycles. The van der Waals surface area contributed by atoms with Crippen LogP contribution in [0.15, 0.2) is 48.5 Å². The lowest BCUT2D eigenvalue weighted by Crippen LogP contribution is -2.47. The minimum atomic E-state index is -0.935. The van der Waals surface area contributed by atoms with Crippen LogP contribution in [0.4, 0.5) is 9.59 Å². The Morgan fingerprint density at radius 2 is 0.964 bits per heavy atom. The number of nitrogens with two attached hydrogens (primary N) is 2. The van der Waals surface area contributed by atoms with Crippen LogP contribution in [0.25, 0.3) is 0 Å². The maximum Gasteiger partial charge on any atom is 0.408 e. The Labute approximate surface area is 338 Å². The summed E-state index contributed by atoms with van der Waals surface area (Å²) in [5, 5.41) is 11.2. The number of amides is 2. The first-order valence-electron chi connectivity index (χ1n) is 17.6. The number of hydrogen-bond donors (Lipinski definition) is 6. The van der Waals surface area contributed by atoms with Gasteiger partial charge >= 0.3 is 24.1 Å². The van der Waals surface area contributed by atoms with E-state index in [0.29, 0.717) is 25.9 Å². The Balaban J connectivity index is 0.00000541. The fourth-order valence-corrected chi connectivity index (χ4v) is 6.54. The lowest BCUT2D eigenvalue weighted by Gasteiger charge is -2.22. The van der Waals surface area contributed by atoms with Crippen LogP contribution >= 0.6 is 24.8 Å². The Hall–Kier alpha value is -4.76. The summed E-state index contributed by atoms with van der Waals surface area (Å²) in [6.45, 7) is 0.383. The molecule has 2 amide bonds. The van der Waals surface area contributed by atoms with Gasteiger partial charge in [-0.3, -0.25) is 19.2 Å². The van der Waals surface area contributed by atoms with Gasteiger partial charge in [-0.15, -0.1) is 24.8 Å². The summed E-state index contributed by atoms with van der Waals surface area (Å²) in [4.78, 5) is 76.6. The predicted molar refractivity (Wildman–Crippen MR) is 209 cm³/mol. The van der Waals surface area contributed by atoms with E-state index in [-0.39, 0.29) is 75.5 Å². The Bertz CT molecular complexity index is 1580. The highest BCUT2D eigenvalue weighted by molar-refractivity contribution is 5.91. The Kier molecular flexibility index (Phi) is 20.3. The fourth-order valence-electron chi connectivity index (χ4n) is 6.54. The summed E-state index contributed by atoms with van der Waals surface area (Å²) in [7, 11) is 2.45. The van der Waals surface area contributed by atoms with Gasteiger partial charge < -0.3 is 51.7 Å². The van der Waals surface area contributed by atoms with Crippen molar-refractivity contribution in [3.05, 3.63) is 70.8 Å². The van der Waals surface area contributed by atoms with E-state index >= 15 is 0 Å². The lowest BCUT2D eigenvalue weighted by molar-refractivity contribution is -0.146. The summed E-state index contributed by atoms with van der Waals surface area (Å²) >= 11 is 0. The smallest absolute Gasteiger partial charge is 0.408 e. The molecule has 18 heteroatoms. The van der Waals surface area contributed by atoms with Crippen molar-refractivity contribution >= 4 is 60.5 Å². The number of aryl methyl sites for hydroxylation is 2. The van der Waals surface area contributed by atoms with E-state index in [1.54, 1.807) is 0 Å². The molecule has 0 saturated carbocycles. The van der Waals surface area contributed by atoms with Crippen molar-refractivity contribution in [2.45, 2.75) is 62.9 Å². The second-order valence-electron chi connectivity index (χ2n) is 12.9. The van der Waals surface area contributed by atoms with Crippen LogP contribution in [-0.2, 0) is 64.1 Å². The number of methoxy groups -OCH3 is 2. The first-order chi connectivity index (χ1) is 26.1. The van der Waals surface area contributed by atoms with Gasteiger partial charge in [0.25, 0.3) is 0 Å². The van der Waals surface area contributed by atoms with Gasteiger partial charge in [-0.1, -0.05) is 60.4 Å². The van der Waals surface area contributed by atoms with Gasteiger partial charge in [0, 0.05) is 39.0 Å². The van der Waals surface area contributed by atoms with Gasteiger partial charge in [-0.2, -0.15) is 0 Å². The molecule has 2 heterocycles. The fraction of sp³-hybridized carbons (Fsp3) is 0.474. The minimum Gasteiger partial charge on any atom is -0.468 e. The molecule has 2 fully saturated rings. The average molecular weight is 822 g/mol. The number of Topliss-reactive ketones (excluding diaryl/α,β-unsaturated/α-hetero) is 2. The van der Waals surface area contributed by atoms with Gasteiger partial charge in [-0.05, 0) is 35.1 Å². The van der Waals surface area contributed by atoms with Crippen LogP contribution in [0.3, 0.4) is 0 Å². The molecule has 2 aromatic rings. The number of carbonyl (C=O) groups is 6. The molecule has 8 N–H and O–H groups in total. The minimum absolute atomic E-state index is 0.